The van der Waals surface area contributed by atoms with Gasteiger partial charge in [0.2, 0.25) is 0 Å². The lowest BCUT2D eigenvalue weighted by molar-refractivity contribution is 0.0573. The highest BCUT2D eigenvalue weighted by molar-refractivity contribution is 5.63. The molecule has 1 atom stereocenters. The molecule has 0 saturated heterocycles. The lowest BCUT2D eigenvalue weighted by atomic mass is 9.88. The number of rotatable bonds is 8. The Bertz CT molecular complexity index is 600. The van der Waals surface area contributed by atoms with E-state index < -0.39 is 0 Å². The van der Waals surface area contributed by atoms with Crippen LogP contribution in [0.4, 0.5) is 0 Å². The van der Waals surface area contributed by atoms with Gasteiger partial charge in [0.05, 0.1) is 20.0 Å². The molecule has 0 spiro atoms. The van der Waals surface area contributed by atoms with Crippen molar-refractivity contribution in [3.05, 3.63) is 29.0 Å². The van der Waals surface area contributed by atoms with Crippen LogP contribution in [-0.4, -0.2) is 14.2 Å². The summed E-state index contributed by atoms with van der Waals surface area (Å²) in [5, 5.41) is 0. The molecule has 0 N–H and O–H groups in total. The van der Waals surface area contributed by atoms with Crippen molar-refractivity contribution in [3.8, 4) is 11.5 Å². The van der Waals surface area contributed by atoms with E-state index in [0.29, 0.717) is 5.92 Å². The molecule has 2 aliphatic rings. The minimum Gasteiger partial charge on any atom is -0.493 e. The number of methoxy groups -OCH3 is 2. The quantitative estimate of drug-likeness (QED) is 0.520. The largest absolute Gasteiger partial charge is 0.493 e. The van der Waals surface area contributed by atoms with Crippen molar-refractivity contribution in [3.63, 3.8) is 0 Å². The standard InChI is InChI=1S/C22H32O3/c1-4-5-6-7-12-18-13-17-14-20(23-2)21(24-3)15-19(17)22(25-18)16-10-8-9-11-16/h13-16,22H,4-12H2,1-3H3. The third kappa shape index (κ3) is 4.13. The Labute approximate surface area is 152 Å². The van der Waals surface area contributed by atoms with Crippen LogP contribution in [0.2, 0.25) is 0 Å². The van der Waals surface area contributed by atoms with E-state index >= 15 is 0 Å². The fraction of sp³-hybridized carbons (Fsp3) is 0.636. The zero-order valence-corrected chi connectivity index (χ0v) is 16.0. The van der Waals surface area contributed by atoms with E-state index in [4.69, 9.17) is 14.2 Å². The lowest BCUT2D eigenvalue weighted by Gasteiger charge is -2.32. The number of fused-ring (bicyclic) bond motifs is 1. The summed E-state index contributed by atoms with van der Waals surface area (Å²) in [7, 11) is 3.40. The summed E-state index contributed by atoms with van der Waals surface area (Å²) in [5.41, 5.74) is 2.51. The van der Waals surface area contributed by atoms with E-state index in [1.54, 1.807) is 14.2 Å². The predicted molar refractivity (Wildman–Crippen MR) is 102 cm³/mol. The zero-order valence-electron chi connectivity index (χ0n) is 16.0. The van der Waals surface area contributed by atoms with Crippen molar-refractivity contribution in [2.45, 2.75) is 70.8 Å². The maximum atomic E-state index is 6.51. The van der Waals surface area contributed by atoms with Gasteiger partial charge in [0, 0.05) is 17.9 Å². The molecule has 1 aromatic rings. The van der Waals surface area contributed by atoms with Crippen LogP contribution in [0.5, 0.6) is 11.5 Å². The Balaban J connectivity index is 1.87. The molecule has 0 bridgehead atoms. The van der Waals surface area contributed by atoms with Crippen molar-refractivity contribution in [1.29, 1.82) is 0 Å². The Kier molecular flexibility index (Phi) is 6.28. The molecular weight excluding hydrogens is 312 g/mol. The third-order valence-electron chi connectivity index (χ3n) is 5.60. The SMILES string of the molecule is CCCCCCC1=Cc2cc(OC)c(OC)cc2C(C2CCCC2)O1. The summed E-state index contributed by atoms with van der Waals surface area (Å²) in [5.74, 6) is 3.37. The Morgan fingerprint density at radius 1 is 1.00 bits per heavy atom. The number of ether oxygens (including phenoxy) is 3. The molecule has 1 fully saturated rings. The fourth-order valence-electron chi connectivity index (χ4n) is 4.18. The Hall–Kier alpha value is -1.64. The Morgan fingerprint density at radius 2 is 1.72 bits per heavy atom. The molecule has 0 amide bonds. The van der Waals surface area contributed by atoms with E-state index in [1.165, 1.54) is 62.5 Å². The number of unbranched alkanes of at least 4 members (excludes halogenated alkanes) is 3. The second-order valence-corrected chi connectivity index (χ2v) is 7.34. The van der Waals surface area contributed by atoms with Gasteiger partial charge in [0.15, 0.2) is 11.5 Å². The average Bonchev–Trinajstić information content (AvgIpc) is 3.18. The molecule has 1 aliphatic carbocycles. The first-order chi connectivity index (χ1) is 12.3. The summed E-state index contributed by atoms with van der Waals surface area (Å²) in [6, 6.07) is 4.24. The molecule has 1 aliphatic heterocycles. The van der Waals surface area contributed by atoms with Crippen LogP contribution in [0.1, 0.15) is 81.9 Å². The second-order valence-electron chi connectivity index (χ2n) is 7.34. The van der Waals surface area contributed by atoms with Gasteiger partial charge in [0.1, 0.15) is 6.10 Å². The van der Waals surface area contributed by atoms with E-state index in [1.807, 2.05) is 0 Å². The predicted octanol–water partition coefficient (Wildman–Crippen LogP) is 6.28. The monoisotopic (exact) mass is 344 g/mol. The minimum absolute atomic E-state index is 0.170. The highest BCUT2D eigenvalue weighted by atomic mass is 16.5. The molecule has 1 unspecified atom stereocenters. The summed E-state index contributed by atoms with van der Waals surface area (Å²) in [4.78, 5) is 0. The van der Waals surface area contributed by atoms with Crippen molar-refractivity contribution < 1.29 is 14.2 Å². The van der Waals surface area contributed by atoms with Crippen LogP contribution in [0.25, 0.3) is 6.08 Å². The first kappa shape index (κ1) is 18.2. The molecule has 0 radical (unpaired) electrons. The van der Waals surface area contributed by atoms with Gasteiger partial charge in [-0.2, -0.15) is 0 Å². The van der Waals surface area contributed by atoms with Gasteiger partial charge in [-0.1, -0.05) is 39.0 Å². The molecule has 1 saturated carbocycles. The number of hydrogen-bond acceptors (Lipinski definition) is 3. The van der Waals surface area contributed by atoms with Crippen LogP contribution < -0.4 is 9.47 Å². The summed E-state index contributed by atoms with van der Waals surface area (Å²) < 4.78 is 17.6. The van der Waals surface area contributed by atoms with E-state index in [2.05, 4.69) is 25.1 Å². The Morgan fingerprint density at radius 3 is 2.40 bits per heavy atom. The van der Waals surface area contributed by atoms with Crippen molar-refractivity contribution in [2.75, 3.05) is 14.2 Å². The van der Waals surface area contributed by atoms with Crippen LogP contribution in [0.3, 0.4) is 0 Å². The summed E-state index contributed by atoms with van der Waals surface area (Å²) >= 11 is 0. The van der Waals surface area contributed by atoms with Crippen molar-refractivity contribution >= 4 is 6.08 Å². The van der Waals surface area contributed by atoms with E-state index in [0.717, 1.165) is 23.7 Å². The van der Waals surface area contributed by atoms with Crippen LogP contribution in [-0.2, 0) is 4.74 Å². The normalized spacial score (nSPS) is 20.0. The van der Waals surface area contributed by atoms with Crippen LogP contribution in [0, 0.1) is 5.92 Å². The molecule has 1 heterocycles. The van der Waals surface area contributed by atoms with Gasteiger partial charge in [-0.15, -0.1) is 0 Å². The molecule has 25 heavy (non-hydrogen) atoms. The van der Waals surface area contributed by atoms with Crippen LogP contribution >= 0.6 is 0 Å². The summed E-state index contributed by atoms with van der Waals surface area (Å²) in [6.07, 6.45) is 13.7. The van der Waals surface area contributed by atoms with Crippen LogP contribution in [0.15, 0.2) is 17.9 Å². The van der Waals surface area contributed by atoms with Crippen molar-refractivity contribution in [1.82, 2.24) is 0 Å². The highest BCUT2D eigenvalue weighted by Gasteiger charge is 2.33. The maximum absolute atomic E-state index is 6.51. The highest BCUT2D eigenvalue weighted by Crippen LogP contribution is 2.46. The molecular formula is C22H32O3. The number of allylic oxidation sites excluding steroid dienone is 1. The molecule has 0 aromatic heterocycles. The molecule has 3 rings (SSSR count). The molecule has 138 valence electrons. The van der Waals surface area contributed by atoms with Gasteiger partial charge < -0.3 is 14.2 Å². The first-order valence-corrected chi connectivity index (χ1v) is 9.90. The number of hydrogen-bond donors (Lipinski definition) is 0. The second kappa shape index (κ2) is 8.64. The van der Waals surface area contributed by atoms with Gasteiger partial charge in [-0.05, 0) is 43.0 Å². The van der Waals surface area contributed by atoms with Gasteiger partial charge in [0.25, 0.3) is 0 Å². The molecule has 3 nitrogen and oxygen atoms in total. The van der Waals surface area contributed by atoms with E-state index in [-0.39, 0.29) is 6.10 Å². The average molecular weight is 344 g/mol. The number of benzene rings is 1. The zero-order chi connectivity index (χ0) is 17.6. The molecule has 1 aromatic carbocycles. The van der Waals surface area contributed by atoms with Gasteiger partial charge in [-0.3, -0.25) is 0 Å². The van der Waals surface area contributed by atoms with E-state index in [9.17, 15) is 0 Å². The maximum Gasteiger partial charge on any atom is 0.161 e. The lowest BCUT2D eigenvalue weighted by Crippen LogP contribution is -2.18. The molecule has 3 heteroatoms. The fourth-order valence-corrected chi connectivity index (χ4v) is 4.18. The van der Waals surface area contributed by atoms with Crippen molar-refractivity contribution in [2.24, 2.45) is 5.92 Å². The minimum atomic E-state index is 0.170. The third-order valence-corrected chi connectivity index (χ3v) is 5.60. The van der Waals surface area contributed by atoms with Gasteiger partial charge >= 0.3 is 0 Å². The van der Waals surface area contributed by atoms with Gasteiger partial charge in [-0.25, -0.2) is 0 Å². The smallest absolute Gasteiger partial charge is 0.161 e. The topological polar surface area (TPSA) is 27.7 Å². The first-order valence-electron chi connectivity index (χ1n) is 9.90. The summed E-state index contributed by atoms with van der Waals surface area (Å²) in [6.45, 7) is 2.25.